The summed E-state index contributed by atoms with van der Waals surface area (Å²) in [6.45, 7) is 7.91. The Morgan fingerprint density at radius 1 is 1.15 bits per heavy atom. The van der Waals surface area contributed by atoms with Crippen LogP contribution in [-0.4, -0.2) is 32.2 Å². The maximum atomic E-state index is 12.8. The number of thiophene rings is 1. The molecule has 34 heavy (non-hydrogen) atoms. The quantitative estimate of drug-likeness (QED) is 0.299. The van der Waals surface area contributed by atoms with Gasteiger partial charge < -0.3 is 19.5 Å². The average Bonchev–Trinajstić information content (AvgIpc) is 3.23. The van der Waals surface area contributed by atoms with E-state index in [1.807, 2.05) is 48.7 Å². The highest BCUT2D eigenvalue weighted by atomic mass is 79.9. The van der Waals surface area contributed by atoms with E-state index < -0.39 is 5.97 Å². The molecule has 1 heterocycles. The van der Waals surface area contributed by atoms with Crippen molar-refractivity contribution < 1.29 is 23.8 Å². The van der Waals surface area contributed by atoms with Gasteiger partial charge in [-0.25, -0.2) is 4.79 Å². The summed E-state index contributed by atoms with van der Waals surface area (Å²) in [6.07, 6.45) is 0. The van der Waals surface area contributed by atoms with E-state index in [4.69, 9.17) is 14.2 Å². The number of nitrogens with one attached hydrogen (secondary N) is 1. The molecule has 0 saturated carbocycles. The maximum absolute atomic E-state index is 12.8. The smallest absolute Gasteiger partial charge is 0.341 e. The molecule has 0 atom stereocenters. The van der Waals surface area contributed by atoms with Gasteiger partial charge in [0.2, 0.25) is 0 Å². The third kappa shape index (κ3) is 5.98. The van der Waals surface area contributed by atoms with Crippen LogP contribution < -0.4 is 14.8 Å². The Labute approximate surface area is 212 Å². The van der Waals surface area contributed by atoms with Crippen LogP contribution in [-0.2, 0) is 9.53 Å². The van der Waals surface area contributed by atoms with Gasteiger partial charge in [-0.3, -0.25) is 4.79 Å². The molecule has 6 nitrogen and oxygen atoms in total. The second-order valence-electron chi connectivity index (χ2n) is 7.93. The Morgan fingerprint density at radius 2 is 1.85 bits per heavy atom. The molecule has 2 aromatic carbocycles. The predicted molar refractivity (Wildman–Crippen MR) is 139 cm³/mol. The van der Waals surface area contributed by atoms with E-state index in [2.05, 4.69) is 35.1 Å². The molecule has 0 spiro atoms. The minimum Gasteiger partial charge on any atom is -0.497 e. The molecule has 0 unspecified atom stereocenters. The lowest BCUT2D eigenvalue weighted by Crippen LogP contribution is -2.21. The zero-order valence-electron chi connectivity index (χ0n) is 19.9. The molecule has 8 heteroatoms. The molecule has 0 aliphatic carbocycles. The van der Waals surface area contributed by atoms with Crippen LogP contribution in [0, 0.1) is 6.92 Å². The zero-order chi connectivity index (χ0) is 24.8. The summed E-state index contributed by atoms with van der Waals surface area (Å²) in [7, 11) is 1.60. The van der Waals surface area contributed by atoms with Crippen LogP contribution in [0.1, 0.15) is 48.2 Å². The van der Waals surface area contributed by atoms with E-state index in [-0.39, 0.29) is 25.0 Å². The minimum atomic E-state index is -0.489. The number of rotatable bonds is 9. The Morgan fingerprint density at radius 3 is 2.47 bits per heavy atom. The fraction of sp³-hybridized carbons (Fsp3) is 0.308. The van der Waals surface area contributed by atoms with Crippen LogP contribution >= 0.6 is 27.3 Å². The number of anilines is 1. The summed E-state index contributed by atoms with van der Waals surface area (Å²) in [5.41, 5.74) is 3.87. The summed E-state index contributed by atoms with van der Waals surface area (Å²) in [5, 5.41) is 5.09. The number of benzene rings is 2. The molecular formula is C26H28BrNO5S. The van der Waals surface area contributed by atoms with Gasteiger partial charge in [0, 0.05) is 15.4 Å². The Balaban J connectivity index is 1.82. The van der Waals surface area contributed by atoms with E-state index in [1.54, 1.807) is 14.0 Å². The van der Waals surface area contributed by atoms with E-state index in [9.17, 15) is 9.59 Å². The van der Waals surface area contributed by atoms with Crippen molar-refractivity contribution in [1.29, 1.82) is 0 Å². The highest BCUT2D eigenvalue weighted by molar-refractivity contribution is 9.10. The third-order valence-electron chi connectivity index (χ3n) is 5.20. The lowest BCUT2D eigenvalue weighted by Gasteiger charge is -2.16. The van der Waals surface area contributed by atoms with Crippen LogP contribution in [0.2, 0.25) is 0 Å². The summed E-state index contributed by atoms with van der Waals surface area (Å²) >= 11 is 4.82. The standard InChI is InChI=1S/C26H28BrNO5S/c1-6-32-26(30)24-20(17-7-9-18(31-5)10-8-17)14-34-25(24)28-23(29)13-33-22-11-16(4)21(27)12-19(22)15(2)3/h7-12,14-15H,6,13H2,1-5H3,(H,28,29). The van der Waals surface area contributed by atoms with E-state index in [0.29, 0.717) is 27.6 Å². The molecule has 0 aliphatic rings. The largest absolute Gasteiger partial charge is 0.497 e. The van der Waals surface area contributed by atoms with Crippen molar-refractivity contribution in [3.63, 3.8) is 0 Å². The van der Waals surface area contributed by atoms with E-state index in [0.717, 1.165) is 21.2 Å². The number of carbonyl (C=O) groups excluding carboxylic acids is 2. The molecule has 0 radical (unpaired) electrons. The first kappa shape index (κ1) is 25.8. The molecule has 1 amide bonds. The SMILES string of the molecule is CCOC(=O)c1c(-c2ccc(OC)cc2)csc1NC(=O)COc1cc(C)c(Br)cc1C(C)C. The van der Waals surface area contributed by atoms with E-state index in [1.165, 1.54) is 11.3 Å². The van der Waals surface area contributed by atoms with Crippen LogP contribution in [0.25, 0.3) is 11.1 Å². The first-order valence-corrected chi connectivity index (χ1v) is 12.6. The summed E-state index contributed by atoms with van der Waals surface area (Å²) < 4.78 is 17.4. The Bertz CT molecular complexity index is 1170. The van der Waals surface area contributed by atoms with Gasteiger partial charge in [0.25, 0.3) is 5.91 Å². The number of esters is 1. The molecular weight excluding hydrogens is 518 g/mol. The summed E-state index contributed by atoms with van der Waals surface area (Å²) in [6, 6.07) is 11.3. The lowest BCUT2D eigenvalue weighted by molar-refractivity contribution is -0.118. The minimum absolute atomic E-state index is 0.182. The van der Waals surface area contributed by atoms with Crippen molar-refractivity contribution in [2.24, 2.45) is 0 Å². The molecule has 0 fully saturated rings. The Kier molecular flexibility index (Phi) is 8.74. The van der Waals surface area contributed by atoms with Gasteiger partial charge in [0.15, 0.2) is 6.61 Å². The number of hydrogen-bond acceptors (Lipinski definition) is 6. The predicted octanol–water partition coefficient (Wildman–Crippen LogP) is 6.81. The number of amides is 1. The number of aryl methyl sites for hydroxylation is 1. The molecule has 180 valence electrons. The second kappa shape index (κ2) is 11.5. The zero-order valence-corrected chi connectivity index (χ0v) is 22.3. The van der Waals surface area contributed by atoms with E-state index >= 15 is 0 Å². The molecule has 1 N–H and O–H groups in total. The fourth-order valence-corrected chi connectivity index (χ4v) is 4.73. The third-order valence-corrected chi connectivity index (χ3v) is 6.95. The monoisotopic (exact) mass is 545 g/mol. The summed E-state index contributed by atoms with van der Waals surface area (Å²) in [4.78, 5) is 25.5. The number of carbonyl (C=O) groups is 2. The molecule has 1 aromatic heterocycles. The highest BCUT2D eigenvalue weighted by Gasteiger charge is 2.23. The fourth-order valence-electron chi connectivity index (χ4n) is 3.39. The number of methoxy groups -OCH3 is 1. The van der Waals surface area contributed by atoms with Gasteiger partial charge in [-0.1, -0.05) is 41.9 Å². The highest BCUT2D eigenvalue weighted by Crippen LogP contribution is 2.37. The number of halogens is 1. The molecule has 3 rings (SSSR count). The van der Waals surface area contributed by atoms with Crippen molar-refractivity contribution >= 4 is 44.1 Å². The van der Waals surface area contributed by atoms with Gasteiger partial charge in [0.1, 0.15) is 22.1 Å². The normalized spacial score (nSPS) is 10.8. The van der Waals surface area contributed by atoms with Crippen molar-refractivity contribution in [3.05, 3.63) is 62.9 Å². The van der Waals surface area contributed by atoms with Gasteiger partial charge in [0.05, 0.1) is 13.7 Å². The van der Waals surface area contributed by atoms with Crippen LogP contribution in [0.3, 0.4) is 0 Å². The van der Waals surface area contributed by atoms with Crippen LogP contribution in [0.4, 0.5) is 5.00 Å². The molecule has 0 saturated heterocycles. The molecule has 0 aliphatic heterocycles. The van der Waals surface area contributed by atoms with Crippen molar-refractivity contribution in [1.82, 2.24) is 0 Å². The van der Waals surface area contributed by atoms with Gasteiger partial charge in [-0.2, -0.15) is 0 Å². The first-order chi connectivity index (χ1) is 16.2. The van der Waals surface area contributed by atoms with Gasteiger partial charge >= 0.3 is 5.97 Å². The maximum Gasteiger partial charge on any atom is 0.341 e. The van der Waals surface area contributed by atoms with Crippen molar-refractivity contribution in [2.75, 3.05) is 25.6 Å². The Hall–Kier alpha value is -2.84. The summed E-state index contributed by atoms with van der Waals surface area (Å²) in [5.74, 6) is 0.767. The second-order valence-corrected chi connectivity index (χ2v) is 9.67. The average molecular weight is 546 g/mol. The first-order valence-electron chi connectivity index (χ1n) is 10.9. The van der Waals surface area contributed by atoms with Crippen molar-refractivity contribution in [3.8, 4) is 22.6 Å². The number of ether oxygens (including phenoxy) is 3. The van der Waals surface area contributed by atoms with Crippen molar-refractivity contribution in [2.45, 2.75) is 33.6 Å². The van der Waals surface area contributed by atoms with Gasteiger partial charge in [-0.15, -0.1) is 11.3 Å². The molecule has 0 bridgehead atoms. The number of hydrogen-bond donors (Lipinski definition) is 1. The molecule has 3 aromatic rings. The van der Waals surface area contributed by atoms with Crippen LogP contribution in [0.15, 0.2) is 46.3 Å². The van der Waals surface area contributed by atoms with Gasteiger partial charge in [-0.05, 0) is 60.7 Å². The van der Waals surface area contributed by atoms with Crippen LogP contribution in [0.5, 0.6) is 11.5 Å². The topological polar surface area (TPSA) is 73.9 Å². The lowest BCUT2D eigenvalue weighted by atomic mass is 10.0.